The Morgan fingerprint density at radius 2 is 1.71 bits per heavy atom. The molecule has 7 nitrogen and oxygen atoms in total. The molecule has 0 aromatic heterocycles. The van der Waals surface area contributed by atoms with Crippen LogP contribution in [0.5, 0.6) is 0 Å². The Kier molecular flexibility index (Phi) is 4.79. The van der Waals surface area contributed by atoms with Crippen molar-refractivity contribution in [2.24, 2.45) is 0 Å². The van der Waals surface area contributed by atoms with E-state index < -0.39 is 27.4 Å². The van der Waals surface area contributed by atoms with Crippen LogP contribution in [0.4, 0.5) is 0 Å². The fourth-order valence-electron chi connectivity index (χ4n) is 2.33. The molecule has 0 N–H and O–H groups in total. The van der Waals surface area contributed by atoms with E-state index in [-0.39, 0.29) is 4.90 Å². The molecule has 1 aromatic rings. The van der Waals surface area contributed by atoms with Crippen LogP contribution < -0.4 is 0 Å². The molecule has 2 rings (SSSR count). The smallest absolute Gasteiger partial charge is 0.297 e. The molecule has 0 amide bonds. The predicted molar refractivity (Wildman–Crippen MR) is 73.6 cm³/mol. The Morgan fingerprint density at radius 1 is 1.14 bits per heavy atom. The van der Waals surface area contributed by atoms with Crippen molar-refractivity contribution in [3.05, 3.63) is 39.9 Å². The third-order valence-corrected chi connectivity index (χ3v) is 4.77. The normalized spacial score (nSPS) is 22.7. The SMILES string of the molecule is Cc1ccc(S(=O)(=O)OC2CCCCC2O[N+](=O)[O-])cc1. The molecule has 1 aliphatic rings. The molecule has 0 saturated heterocycles. The number of nitrogens with zero attached hydrogens (tertiary/aromatic N) is 1. The zero-order valence-corrected chi connectivity index (χ0v) is 12.4. The Balaban J connectivity index is 2.13. The lowest BCUT2D eigenvalue weighted by molar-refractivity contribution is -0.771. The minimum atomic E-state index is -3.95. The second-order valence-corrected chi connectivity index (χ2v) is 6.63. The summed E-state index contributed by atoms with van der Waals surface area (Å²) in [6.45, 7) is 1.85. The number of aryl methyl sites for hydroxylation is 1. The molecule has 0 radical (unpaired) electrons. The van der Waals surface area contributed by atoms with Gasteiger partial charge in [-0.05, 0) is 31.9 Å². The van der Waals surface area contributed by atoms with Gasteiger partial charge in [0.15, 0.2) is 0 Å². The third kappa shape index (κ3) is 4.15. The summed E-state index contributed by atoms with van der Waals surface area (Å²) in [5.74, 6) is 0. The molecule has 1 aromatic carbocycles. The summed E-state index contributed by atoms with van der Waals surface area (Å²) in [5.41, 5.74) is 0.932. The Labute approximate surface area is 123 Å². The molecule has 1 fully saturated rings. The maximum absolute atomic E-state index is 12.2. The van der Waals surface area contributed by atoms with Crippen molar-refractivity contribution in [1.29, 1.82) is 0 Å². The van der Waals surface area contributed by atoms with Gasteiger partial charge in [-0.3, -0.25) is 4.18 Å². The maximum Gasteiger partial charge on any atom is 0.297 e. The number of hydrogen-bond donors (Lipinski definition) is 0. The van der Waals surface area contributed by atoms with Gasteiger partial charge in [0.1, 0.15) is 12.2 Å². The van der Waals surface area contributed by atoms with Crippen LogP contribution in [0.1, 0.15) is 31.2 Å². The topological polar surface area (TPSA) is 95.7 Å². The molecule has 2 atom stereocenters. The fourth-order valence-corrected chi connectivity index (χ4v) is 3.45. The maximum atomic E-state index is 12.2. The molecular weight excluding hydrogens is 298 g/mol. The van der Waals surface area contributed by atoms with Crippen molar-refractivity contribution >= 4 is 10.1 Å². The molecule has 1 saturated carbocycles. The predicted octanol–water partition coefficient (Wildman–Crippen LogP) is 2.22. The second kappa shape index (κ2) is 6.40. The van der Waals surface area contributed by atoms with Crippen molar-refractivity contribution in [3.8, 4) is 0 Å². The van der Waals surface area contributed by atoms with Gasteiger partial charge in [-0.15, -0.1) is 10.1 Å². The van der Waals surface area contributed by atoms with Crippen LogP contribution in [0.15, 0.2) is 29.2 Å². The van der Waals surface area contributed by atoms with Gasteiger partial charge < -0.3 is 4.84 Å². The van der Waals surface area contributed by atoms with Gasteiger partial charge in [-0.25, -0.2) is 0 Å². The molecule has 0 spiro atoms. The summed E-state index contributed by atoms with van der Waals surface area (Å²) >= 11 is 0. The second-order valence-electron chi connectivity index (χ2n) is 5.05. The largest absolute Gasteiger partial charge is 0.308 e. The number of benzene rings is 1. The first kappa shape index (κ1) is 15.7. The van der Waals surface area contributed by atoms with Crippen molar-refractivity contribution in [2.75, 3.05) is 0 Å². The zero-order chi connectivity index (χ0) is 15.5. The lowest BCUT2D eigenvalue weighted by Crippen LogP contribution is -2.37. The number of hydrogen-bond acceptors (Lipinski definition) is 6. The Bertz CT molecular complexity index is 598. The van der Waals surface area contributed by atoms with Crippen molar-refractivity contribution < 1.29 is 22.5 Å². The van der Waals surface area contributed by atoms with E-state index in [1.165, 1.54) is 12.1 Å². The van der Waals surface area contributed by atoms with Crippen molar-refractivity contribution in [2.45, 2.75) is 49.7 Å². The molecule has 8 heteroatoms. The highest BCUT2D eigenvalue weighted by atomic mass is 32.2. The first-order valence-corrected chi connectivity index (χ1v) is 8.10. The van der Waals surface area contributed by atoms with E-state index in [0.717, 1.165) is 18.4 Å². The molecular formula is C13H17NO6S. The van der Waals surface area contributed by atoms with E-state index >= 15 is 0 Å². The van der Waals surface area contributed by atoms with Crippen molar-refractivity contribution in [1.82, 2.24) is 0 Å². The first-order valence-electron chi connectivity index (χ1n) is 6.69. The Hall–Kier alpha value is -1.67. The van der Waals surface area contributed by atoms with Crippen LogP contribution in [-0.4, -0.2) is 25.7 Å². The molecule has 21 heavy (non-hydrogen) atoms. The minimum Gasteiger partial charge on any atom is -0.308 e. The highest BCUT2D eigenvalue weighted by molar-refractivity contribution is 7.86. The van der Waals surface area contributed by atoms with Gasteiger partial charge in [-0.1, -0.05) is 30.5 Å². The molecule has 1 aliphatic carbocycles. The monoisotopic (exact) mass is 315 g/mol. The summed E-state index contributed by atoms with van der Waals surface area (Å²) in [5, 5.41) is 9.57. The van der Waals surface area contributed by atoms with Crippen molar-refractivity contribution in [3.63, 3.8) is 0 Å². The van der Waals surface area contributed by atoms with Gasteiger partial charge in [0.25, 0.3) is 15.2 Å². The molecule has 0 heterocycles. The summed E-state index contributed by atoms with van der Waals surface area (Å²) < 4.78 is 29.6. The summed E-state index contributed by atoms with van der Waals surface area (Å²) in [6, 6.07) is 6.25. The molecule has 0 bridgehead atoms. The highest BCUT2D eigenvalue weighted by Crippen LogP contribution is 2.27. The highest BCUT2D eigenvalue weighted by Gasteiger charge is 2.33. The van der Waals surface area contributed by atoms with Gasteiger partial charge in [0.05, 0.1) is 4.90 Å². The van der Waals surface area contributed by atoms with Gasteiger partial charge >= 0.3 is 0 Å². The molecule has 0 aliphatic heterocycles. The van der Waals surface area contributed by atoms with Crippen LogP contribution >= 0.6 is 0 Å². The summed E-state index contributed by atoms with van der Waals surface area (Å²) in [6.07, 6.45) is 0.678. The van der Waals surface area contributed by atoms with Gasteiger partial charge in [-0.2, -0.15) is 8.42 Å². The van der Waals surface area contributed by atoms with E-state index in [2.05, 4.69) is 4.84 Å². The van der Waals surface area contributed by atoms with Gasteiger partial charge in [0.2, 0.25) is 0 Å². The van der Waals surface area contributed by atoms with E-state index in [4.69, 9.17) is 4.18 Å². The lowest BCUT2D eigenvalue weighted by atomic mass is 9.95. The van der Waals surface area contributed by atoms with Crippen LogP contribution in [-0.2, 0) is 19.1 Å². The van der Waals surface area contributed by atoms with Crippen LogP contribution in [0.25, 0.3) is 0 Å². The van der Waals surface area contributed by atoms with Crippen LogP contribution in [0.3, 0.4) is 0 Å². The van der Waals surface area contributed by atoms with E-state index in [0.29, 0.717) is 12.8 Å². The van der Waals surface area contributed by atoms with Crippen LogP contribution in [0, 0.1) is 17.0 Å². The third-order valence-electron chi connectivity index (χ3n) is 3.42. The summed E-state index contributed by atoms with van der Waals surface area (Å²) in [7, 11) is -3.95. The minimum absolute atomic E-state index is 0.0403. The number of rotatable bonds is 5. The van der Waals surface area contributed by atoms with Crippen LogP contribution in [0.2, 0.25) is 0 Å². The van der Waals surface area contributed by atoms with Gasteiger partial charge in [0, 0.05) is 0 Å². The zero-order valence-electron chi connectivity index (χ0n) is 11.6. The molecule has 116 valence electrons. The average molecular weight is 315 g/mol. The summed E-state index contributed by atoms with van der Waals surface area (Å²) in [4.78, 5) is 15.0. The van der Waals surface area contributed by atoms with E-state index in [1.54, 1.807) is 12.1 Å². The van der Waals surface area contributed by atoms with E-state index in [9.17, 15) is 18.5 Å². The van der Waals surface area contributed by atoms with E-state index in [1.807, 2.05) is 6.92 Å². The standard InChI is InChI=1S/C13H17NO6S/c1-10-6-8-11(9-7-10)21(17,18)20-13-5-3-2-4-12(13)19-14(15)16/h6-9,12-13H,2-5H2,1H3. The Morgan fingerprint density at radius 3 is 2.29 bits per heavy atom. The quantitative estimate of drug-likeness (QED) is 0.469. The first-order chi connectivity index (χ1) is 9.88. The molecule has 2 unspecified atom stereocenters. The average Bonchev–Trinajstić information content (AvgIpc) is 2.40. The lowest BCUT2D eigenvalue weighted by Gasteiger charge is -2.28. The fraction of sp³-hybridized carbons (Fsp3) is 0.538.